The van der Waals surface area contributed by atoms with Crippen LogP contribution >= 0.6 is 11.6 Å². The molecule has 2 fully saturated rings. The zero-order valence-electron chi connectivity index (χ0n) is 13.8. The third-order valence-corrected chi connectivity index (χ3v) is 5.07. The molecule has 0 atom stereocenters. The molecular formula is C16H21BClNO4. The van der Waals surface area contributed by atoms with Crippen LogP contribution in [0.1, 0.15) is 38.1 Å². The minimum atomic E-state index is -0.537. The molecule has 0 aromatic heterocycles. The number of hydrogen-bond donors (Lipinski definition) is 1. The zero-order chi connectivity index (χ0) is 16.8. The van der Waals surface area contributed by atoms with Gasteiger partial charge in [0.2, 0.25) is 0 Å². The van der Waals surface area contributed by atoms with Gasteiger partial charge in [0.1, 0.15) is 0 Å². The van der Waals surface area contributed by atoms with Crippen LogP contribution in [0, 0.1) is 0 Å². The van der Waals surface area contributed by atoms with Crippen LogP contribution in [0.15, 0.2) is 18.2 Å². The highest BCUT2D eigenvalue weighted by Crippen LogP contribution is 2.37. The van der Waals surface area contributed by atoms with E-state index < -0.39 is 18.3 Å². The summed E-state index contributed by atoms with van der Waals surface area (Å²) in [5.74, 6) is -0.152. The average Bonchev–Trinajstić information content (AvgIpc) is 2.62. The SMILES string of the molecule is CC1(C)OB(c2ccc(C(=O)NC3COC3)cc2Cl)OC1(C)C. The molecule has 0 unspecified atom stereocenters. The third kappa shape index (κ3) is 3.13. The van der Waals surface area contributed by atoms with Crippen molar-refractivity contribution in [1.29, 1.82) is 0 Å². The number of hydrogen-bond acceptors (Lipinski definition) is 4. The van der Waals surface area contributed by atoms with E-state index >= 15 is 0 Å². The van der Waals surface area contributed by atoms with Gasteiger partial charge in [-0.25, -0.2) is 0 Å². The number of carbonyl (C=O) groups excluding carboxylic acids is 1. The van der Waals surface area contributed by atoms with Crippen LogP contribution in [0.25, 0.3) is 0 Å². The Morgan fingerprint density at radius 3 is 2.30 bits per heavy atom. The number of amides is 1. The summed E-state index contributed by atoms with van der Waals surface area (Å²) < 4.78 is 17.0. The van der Waals surface area contributed by atoms with Crippen molar-refractivity contribution in [1.82, 2.24) is 5.32 Å². The molecular weight excluding hydrogens is 316 g/mol. The molecule has 2 aliphatic rings. The predicted molar refractivity (Wildman–Crippen MR) is 89.2 cm³/mol. The Labute approximate surface area is 141 Å². The lowest BCUT2D eigenvalue weighted by Crippen LogP contribution is -2.48. The van der Waals surface area contributed by atoms with Crippen molar-refractivity contribution in [3.63, 3.8) is 0 Å². The van der Waals surface area contributed by atoms with Gasteiger partial charge < -0.3 is 19.4 Å². The van der Waals surface area contributed by atoms with Crippen molar-refractivity contribution in [2.45, 2.75) is 44.9 Å². The fourth-order valence-electron chi connectivity index (χ4n) is 2.42. The highest BCUT2D eigenvalue weighted by Gasteiger charge is 2.52. The van der Waals surface area contributed by atoms with Gasteiger partial charge in [0.15, 0.2) is 0 Å². The molecule has 0 bridgehead atoms. The van der Waals surface area contributed by atoms with Crippen LogP contribution in [0.5, 0.6) is 0 Å². The third-order valence-electron chi connectivity index (χ3n) is 4.74. The van der Waals surface area contributed by atoms with Crippen molar-refractivity contribution < 1.29 is 18.8 Å². The molecule has 1 N–H and O–H groups in total. The summed E-state index contributed by atoms with van der Waals surface area (Å²) in [5.41, 5.74) is 0.388. The van der Waals surface area contributed by atoms with E-state index in [-0.39, 0.29) is 11.9 Å². The van der Waals surface area contributed by atoms with Gasteiger partial charge in [-0.15, -0.1) is 0 Å². The molecule has 3 rings (SSSR count). The number of rotatable bonds is 3. The quantitative estimate of drug-likeness (QED) is 0.854. The molecule has 2 aliphatic heterocycles. The Morgan fingerprint density at radius 1 is 1.22 bits per heavy atom. The van der Waals surface area contributed by atoms with Crippen LogP contribution in [-0.2, 0) is 14.0 Å². The van der Waals surface area contributed by atoms with Crippen molar-refractivity contribution in [2.24, 2.45) is 0 Å². The summed E-state index contributed by atoms with van der Waals surface area (Å²) in [6.45, 7) is 9.08. The van der Waals surface area contributed by atoms with Crippen molar-refractivity contribution in [2.75, 3.05) is 13.2 Å². The highest BCUT2D eigenvalue weighted by molar-refractivity contribution is 6.65. The van der Waals surface area contributed by atoms with Gasteiger partial charge in [0, 0.05) is 16.0 Å². The lowest BCUT2D eigenvalue weighted by molar-refractivity contribution is -0.00346. The molecule has 124 valence electrons. The molecule has 1 amide bonds. The molecule has 5 nitrogen and oxygen atoms in total. The number of benzene rings is 1. The maximum Gasteiger partial charge on any atom is 0.496 e. The highest BCUT2D eigenvalue weighted by atomic mass is 35.5. The Balaban J connectivity index is 1.76. The first kappa shape index (κ1) is 16.8. The van der Waals surface area contributed by atoms with Crippen LogP contribution in [-0.4, -0.2) is 43.5 Å². The van der Waals surface area contributed by atoms with Crippen molar-refractivity contribution >= 4 is 30.1 Å². The Hall–Kier alpha value is -1.08. The lowest BCUT2D eigenvalue weighted by Gasteiger charge is -2.32. The van der Waals surface area contributed by atoms with Crippen LogP contribution in [0.3, 0.4) is 0 Å². The van der Waals surface area contributed by atoms with E-state index in [0.29, 0.717) is 23.8 Å². The van der Waals surface area contributed by atoms with E-state index in [1.54, 1.807) is 18.2 Å². The van der Waals surface area contributed by atoms with Crippen LogP contribution in [0.4, 0.5) is 0 Å². The molecule has 0 spiro atoms. The second kappa shape index (κ2) is 5.78. The zero-order valence-corrected chi connectivity index (χ0v) is 14.6. The van der Waals surface area contributed by atoms with Gasteiger partial charge in [-0.3, -0.25) is 4.79 Å². The average molecular weight is 338 g/mol. The summed E-state index contributed by atoms with van der Waals surface area (Å²) >= 11 is 6.36. The fraction of sp³-hybridized carbons (Fsp3) is 0.562. The van der Waals surface area contributed by atoms with E-state index in [0.717, 1.165) is 5.46 Å². The first-order valence-corrected chi connectivity index (χ1v) is 8.11. The molecule has 0 saturated carbocycles. The minimum absolute atomic E-state index is 0.0871. The van der Waals surface area contributed by atoms with E-state index in [2.05, 4.69) is 5.32 Å². The maximum atomic E-state index is 12.2. The summed E-state index contributed by atoms with van der Waals surface area (Å²) in [4.78, 5) is 12.2. The Morgan fingerprint density at radius 2 is 1.83 bits per heavy atom. The van der Waals surface area contributed by atoms with E-state index in [9.17, 15) is 4.79 Å². The molecule has 7 heteroatoms. The summed E-state index contributed by atoms with van der Waals surface area (Å²) in [6.07, 6.45) is 0. The van der Waals surface area contributed by atoms with E-state index in [4.69, 9.17) is 25.6 Å². The maximum absolute atomic E-state index is 12.2. The monoisotopic (exact) mass is 337 g/mol. The number of halogens is 1. The van der Waals surface area contributed by atoms with Gasteiger partial charge in [-0.1, -0.05) is 17.7 Å². The van der Waals surface area contributed by atoms with Crippen LogP contribution < -0.4 is 10.8 Å². The second-order valence-electron chi connectivity index (χ2n) is 7.03. The normalized spacial score (nSPS) is 22.7. The molecule has 1 aromatic carbocycles. The number of ether oxygens (including phenoxy) is 1. The van der Waals surface area contributed by atoms with Gasteiger partial charge in [-0.05, 0) is 39.8 Å². The first-order valence-electron chi connectivity index (χ1n) is 7.73. The molecule has 0 radical (unpaired) electrons. The minimum Gasteiger partial charge on any atom is -0.399 e. The number of nitrogens with one attached hydrogen (secondary N) is 1. The van der Waals surface area contributed by atoms with Crippen LogP contribution in [0.2, 0.25) is 5.02 Å². The van der Waals surface area contributed by atoms with Gasteiger partial charge in [0.25, 0.3) is 5.91 Å². The fourth-order valence-corrected chi connectivity index (χ4v) is 2.69. The van der Waals surface area contributed by atoms with Crippen molar-refractivity contribution in [3.05, 3.63) is 28.8 Å². The molecule has 2 saturated heterocycles. The van der Waals surface area contributed by atoms with Gasteiger partial charge in [-0.2, -0.15) is 0 Å². The smallest absolute Gasteiger partial charge is 0.399 e. The topological polar surface area (TPSA) is 56.8 Å². The van der Waals surface area contributed by atoms with Crippen molar-refractivity contribution in [3.8, 4) is 0 Å². The first-order chi connectivity index (χ1) is 10.7. The summed E-state index contributed by atoms with van der Waals surface area (Å²) in [5, 5.41) is 3.35. The largest absolute Gasteiger partial charge is 0.496 e. The Bertz CT molecular complexity index is 615. The summed E-state index contributed by atoms with van der Waals surface area (Å²) in [6, 6.07) is 5.26. The summed E-state index contributed by atoms with van der Waals surface area (Å²) in [7, 11) is -0.537. The number of carbonyl (C=O) groups is 1. The Kier molecular flexibility index (Phi) is 4.21. The standard InChI is InChI=1S/C16H21BClNO4/c1-15(2)16(3,4)23-17(22-15)12-6-5-10(7-13(12)18)14(20)19-11-8-21-9-11/h5-7,11H,8-9H2,1-4H3,(H,19,20). The lowest BCUT2D eigenvalue weighted by atomic mass is 9.78. The molecule has 2 heterocycles. The molecule has 0 aliphatic carbocycles. The predicted octanol–water partition coefficient (Wildman–Crippen LogP) is 1.77. The molecule has 23 heavy (non-hydrogen) atoms. The van der Waals surface area contributed by atoms with Gasteiger partial charge >= 0.3 is 7.12 Å². The molecule has 1 aromatic rings. The van der Waals surface area contributed by atoms with Gasteiger partial charge in [0.05, 0.1) is 30.5 Å². The van der Waals surface area contributed by atoms with E-state index in [1.807, 2.05) is 27.7 Å². The second-order valence-corrected chi connectivity index (χ2v) is 7.44. The van der Waals surface area contributed by atoms with E-state index in [1.165, 1.54) is 0 Å².